The van der Waals surface area contributed by atoms with Crippen molar-refractivity contribution in [2.24, 2.45) is 0 Å². The molecule has 0 spiro atoms. The molecule has 1 amide bonds. The average Bonchev–Trinajstić information content (AvgIpc) is 2.56. The predicted molar refractivity (Wildman–Crippen MR) is 88.8 cm³/mol. The summed E-state index contributed by atoms with van der Waals surface area (Å²) in [6.07, 6.45) is -3.40. The number of nitriles is 1. The lowest BCUT2D eigenvalue weighted by Crippen LogP contribution is -2.15. The van der Waals surface area contributed by atoms with Crippen LogP contribution in [-0.2, 0) is 11.0 Å². The van der Waals surface area contributed by atoms with E-state index in [1.54, 1.807) is 30.3 Å². The van der Waals surface area contributed by atoms with Crippen LogP contribution in [0.4, 0.5) is 24.5 Å². The van der Waals surface area contributed by atoms with Crippen LogP contribution < -0.4 is 10.6 Å². The molecule has 2 aromatic carbocycles. The molecule has 0 saturated carbocycles. The maximum Gasteiger partial charge on any atom is 0.416 e. The van der Waals surface area contributed by atoms with Crippen LogP contribution in [0, 0.1) is 11.3 Å². The molecule has 0 bridgehead atoms. The largest absolute Gasteiger partial charge is 0.416 e. The van der Waals surface area contributed by atoms with Gasteiger partial charge in [-0.2, -0.15) is 18.4 Å². The zero-order chi connectivity index (χ0) is 18.4. The number of benzene rings is 2. The molecule has 2 aromatic rings. The van der Waals surface area contributed by atoms with E-state index in [9.17, 15) is 18.0 Å². The summed E-state index contributed by atoms with van der Waals surface area (Å²) in [4.78, 5) is 12.1. The summed E-state index contributed by atoms with van der Waals surface area (Å²) >= 11 is 5.94. The van der Waals surface area contributed by atoms with Crippen molar-refractivity contribution in [2.75, 3.05) is 10.6 Å². The Balaban J connectivity index is 2.14. The lowest BCUT2D eigenvalue weighted by Gasteiger charge is -2.10. The first-order valence-corrected chi connectivity index (χ1v) is 7.29. The molecule has 8 heteroatoms. The lowest BCUT2D eigenvalue weighted by molar-refractivity contribution is -0.137. The van der Waals surface area contributed by atoms with Crippen molar-refractivity contribution < 1.29 is 18.0 Å². The van der Waals surface area contributed by atoms with Crippen molar-refractivity contribution in [3.63, 3.8) is 0 Å². The Bertz CT molecular complexity index is 857. The zero-order valence-corrected chi connectivity index (χ0v) is 13.3. The molecule has 0 aromatic heterocycles. The Labute approximate surface area is 146 Å². The molecule has 0 saturated heterocycles. The summed E-state index contributed by atoms with van der Waals surface area (Å²) in [5.74, 6) is -0.846. The number of hydrogen-bond acceptors (Lipinski definition) is 3. The van der Waals surface area contributed by atoms with Gasteiger partial charge in [-0.15, -0.1) is 0 Å². The van der Waals surface area contributed by atoms with Crippen LogP contribution in [0.15, 0.2) is 60.3 Å². The first-order valence-electron chi connectivity index (χ1n) is 6.91. The highest BCUT2D eigenvalue weighted by molar-refractivity contribution is 6.33. The summed E-state index contributed by atoms with van der Waals surface area (Å²) in [5.41, 5.74) is -0.818. The Morgan fingerprint density at radius 3 is 2.52 bits per heavy atom. The molecule has 128 valence electrons. The standard InChI is InChI=1S/C17H11ClF3N3O/c18-14-6-1-2-7-15(14)23-10-11(9-22)16(25)24-13-5-3-4-12(8-13)17(19,20)21/h1-8,10,23H,(H,24,25)/b11-10-. The molecule has 0 aliphatic heterocycles. The summed E-state index contributed by atoms with van der Waals surface area (Å²) < 4.78 is 38.0. The second-order valence-electron chi connectivity index (χ2n) is 4.83. The Hall–Kier alpha value is -2.98. The van der Waals surface area contributed by atoms with E-state index in [0.29, 0.717) is 10.7 Å². The minimum absolute atomic E-state index is 0.0706. The minimum Gasteiger partial charge on any atom is -0.359 e. The Morgan fingerprint density at radius 2 is 1.88 bits per heavy atom. The van der Waals surface area contributed by atoms with Crippen molar-refractivity contribution in [1.29, 1.82) is 5.26 Å². The van der Waals surface area contributed by atoms with Gasteiger partial charge in [0.2, 0.25) is 0 Å². The van der Waals surface area contributed by atoms with Gasteiger partial charge in [-0.3, -0.25) is 4.79 Å². The number of amides is 1. The van der Waals surface area contributed by atoms with Gasteiger partial charge in [-0.05, 0) is 30.3 Å². The van der Waals surface area contributed by atoms with E-state index in [2.05, 4.69) is 10.6 Å². The highest BCUT2D eigenvalue weighted by Crippen LogP contribution is 2.30. The van der Waals surface area contributed by atoms with Gasteiger partial charge in [0.25, 0.3) is 5.91 Å². The Morgan fingerprint density at radius 1 is 1.16 bits per heavy atom. The normalized spacial score (nSPS) is 11.6. The highest BCUT2D eigenvalue weighted by atomic mass is 35.5. The number of anilines is 2. The number of halogens is 4. The summed E-state index contributed by atoms with van der Waals surface area (Å²) in [7, 11) is 0. The van der Waals surface area contributed by atoms with Crippen molar-refractivity contribution in [3.05, 3.63) is 70.9 Å². The van der Waals surface area contributed by atoms with Gasteiger partial charge < -0.3 is 10.6 Å². The summed E-state index contributed by atoms with van der Waals surface area (Å²) in [6, 6.07) is 12.5. The minimum atomic E-state index is -4.53. The van der Waals surface area contributed by atoms with Gasteiger partial charge in [0.05, 0.1) is 16.3 Å². The van der Waals surface area contributed by atoms with E-state index < -0.39 is 17.6 Å². The number of nitrogens with one attached hydrogen (secondary N) is 2. The lowest BCUT2D eigenvalue weighted by atomic mass is 10.2. The molecule has 25 heavy (non-hydrogen) atoms. The Kier molecular flexibility index (Phi) is 5.67. The van der Waals surface area contributed by atoms with Crippen molar-refractivity contribution in [2.45, 2.75) is 6.18 Å². The molecule has 0 aliphatic rings. The molecule has 0 fully saturated rings. The average molecular weight is 366 g/mol. The van der Waals surface area contributed by atoms with Crippen molar-refractivity contribution in [1.82, 2.24) is 0 Å². The number of nitrogens with zero attached hydrogens (tertiary/aromatic N) is 1. The van der Waals surface area contributed by atoms with E-state index in [4.69, 9.17) is 16.9 Å². The van der Waals surface area contributed by atoms with E-state index in [1.807, 2.05) is 0 Å². The first kappa shape index (κ1) is 18.4. The molecule has 0 aliphatic carbocycles. The molecule has 0 unspecified atom stereocenters. The molecular formula is C17H11ClF3N3O. The second-order valence-corrected chi connectivity index (χ2v) is 5.23. The number of rotatable bonds is 4. The molecule has 2 N–H and O–H groups in total. The third-order valence-corrected chi connectivity index (χ3v) is 3.39. The van der Waals surface area contributed by atoms with Gasteiger partial charge in [0.15, 0.2) is 0 Å². The van der Waals surface area contributed by atoms with E-state index in [-0.39, 0.29) is 11.3 Å². The molecule has 0 heterocycles. The van der Waals surface area contributed by atoms with Gasteiger partial charge in [0, 0.05) is 11.9 Å². The van der Waals surface area contributed by atoms with Gasteiger partial charge in [-0.1, -0.05) is 29.8 Å². The SMILES string of the molecule is N#C/C(=C/Nc1ccccc1Cl)C(=O)Nc1cccc(C(F)(F)F)c1. The molecule has 2 rings (SSSR count). The van der Waals surface area contributed by atoms with Crippen LogP contribution in [0.3, 0.4) is 0 Å². The van der Waals surface area contributed by atoms with Crippen molar-refractivity contribution in [3.8, 4) is 6.07 Å². The number of para-hydroxylation sites is 1. The topological polar surface area (TPSA) is 64.9 Å². The first-order chi connectivity index (χ1) is 11.8. The zero-order valence-electron chi connectivity index (χ0n) is 12.6. The smallest absolute Gasteiger partial charge is 0.359 e. The van der Waals surface area contributed by atoms with Crippen LogP contribution in [0.1, 0.15) is 5.56 Å². The summed E-state index contributed by atoms with van der Waals surface area (Å²) in [6.45, 7) is 0. The predicted octanol–water partition coefficient (Wildman–Crippen LogP) is 4.82. The summed E-state index contributed by atoms with van der Waals surface area (Å²) in [5, 5.41) is 14.4. The third kappa shape index (κ3) is 4.99. The molecule has 0 radical (unpaired) electrons. The highest BCUT2D eigenvalue weighted by Gasteiger charge is 2.30. The number of carbonyl (C=O) groups excluding carboxylic acids is 1. The fraction of sp³-hybridized carbons (Fsp3) is 0.0588. The molecule has 0 atom stereocenters. The maximum absolute atomic E-state index is 12.7. The van der Waals surface area contributed by atoms with Crippen LogP contribution >= 0.6 is 11.6 Å². The molecule has 4 nitrogen and oxygen atoms in total. The monoisotopic (exact) mass is 365 g/mol. The maximum atomic E-state index is 12.7. The van der Waals surface area contributed by atoms with Crippen molar-refractivity contribution >= 4 is 28.9 Å². The van der Waals surface area contributed by atoms with Gasteiger partial charge in [-0.25, -0.2) is 0 Å². The van der Waals surface area contributed by atoms with Crippen LogP contribution in [0.25, 0.3) is 0 Å². The second kappa shape index (κ2) is 7.73. The fourth-order valence-corrected chi connectivity index (χ4v) is 2.04. The molecular weight excluding hydrogens is 355 g/mol. The van der Waals surface area contributed by atoms with Crippen LogP contribution in [0.2, 0.25) is 5.02 Å². The van der Waals surface area contributed by atoms with Gasteiger partial charge >= 0.3 is 6.18 Å². The number of hydrogen-bond donors (Lipinski definition) is 2. The van der Waals surface area contributed by atoms with E-state index >= 15 is 0 Å². The van der Waals surface area contributed by atoms with Crippen LogP contribution in [0.5, 0.6) is 0 Å². The van der Waals surface area contributed by atoms with E-state index in [1.165, 1.54) is 6.07 Å². The van der Waals surface area contributed by atoms with E-state index in [0.717, 1.165) is 24.4 Å². The van der Waals surface area contributed by atoms with Crippen LogP contribution in [-0.4, -0.2) is 5.91 Å². The number of carbonyl (C=O) groups is 1. The third-order valence-electron chi connectivity index (χ3n) is 3.06. The fourth-order valence-electron chi connectivity index (χ4n) is 1.85. The van der Waals surface area contributed by atoms with Gasteiger partial charge in [0.1, 0.15) is 11.6 Å². The number of alkyl halides is 3. The quantitative estimate of drug-likeness (QED) is 0.603.